The lowest BCUT2D eigenvalue weighted by atomic mass is 10.2. The fourth-order valence-corrected chi connectivity index (χ4v) is 0.921. The van der Waals surface area contributed by atoms with E-state index in [0.717, 1.165) is 0 Å². The lowest BCUT2D eigenvalue weighted by Gasteiger charge is -2.00. The molecule has 0 aliphatic heterocycles. The minimum atomic E-state index is -0.368. The second-order valence-corrected chi connectivity index (χ2v) is 2.32. The predicted molar refractivity (Wildman–Crippen MR) is 43.3 cm³/mol. The van der Waals surface area contributed by atoms with Gasteiger partial charge in [0.05, 0.1) is 7.11 Å². The first-order valence-electron chi connectivity index (χ1n) is 3.43. The lowest BCUT2D eigenvalue weighted by Crippen LogP contribution is -1.88. The zero-order valence-electron chi connectivity index (χ0n) is 6.67. The molecule has 0 heterocycles. The number of halogens is 1. The van der Waals surface area contributed by atoms with Crippen LogP contribution in [0.1, 0.15) is 5.56 Å². The van der Waals surface area contributed by atoms with Crippen molar-refractivity contribution in [2.24, 2.45) is 0 Å². The lowest BCUT2D eigenvalue weighted by molar-refractivity contribution is 0.410. The number of ether oxygens (including phenoxy) is 1. The van der Waals surface area contributed by atoms with Gasteiger partial charge in [0, 0.05) is 11.6 Å². The maximum absolute atomic E-state index is 12.8. The van der Waals surface area contributed by atoms with Crippen LogP contribution in [0.3, 0.4) is 0 Å². The van der Waals surface area contributed by atoms with Crippen molar-refractivity contribution in [2.75, 3.05) is 7.11 Å². The largest absolute Gasteiger partial charge is 0.497 e. The average molecular weight is 165 g/mol. The maximum atomic E-state index is 12.8. The van der Waals surface area contributed by atoms with Crippen LogP contribution < -0.4 is 4.74 Å². The Balaban J connectivity index is 2.99. The summed E-state index contributed by atoms with van der Waals surface area (Å²) in [5.74, 6) is 0.0849. The Hall–Kier alpha value is -1.56. The highest BCUT2D eigenvalue weighted by molar-refractivity contribution is 5.30. The number of nitrogens with zero attached hydrogens (tertiary/aromatic N) is 1. The van der Waals surface area contributed by atoms with E-state index in [4.69, 9.17) is 11.3 Å². The van der Waals surface area contributed by atoms with Crippen molar-refractivity contribution in [1.29, 1.82) is 0 Å². The van der Waals surface area contributed by atoms with E-state index in [1.165, 1.54) is 19.2 Å². The van der Waals surface area contributed by atoms with Crippen LogP contribution in [-0.2, 0) is 6.54 Å². The molecule has 0 saturated heterocycles. The van der Waals surface area contributed by atoms with Gasteiger partial charge in [-0.1, -0.05) is 0 Å². The third-order valence-corrected chi connectivity index (χ3v) is 1.43. The van der Waals surface area contributed by atoms with Gasteiger partial charge in [-0.05, 0) is 12.1 Å². The van der Waals surface area contributed by atoms with Crippen LogP contribution in [0.15, 0.2) is 18.2 Å². The van der Waals surface area contributed by atoms with E-state index in [9.17, 15) is 4.39 Å². The predicted octanol–water partition coefficient (Wildman–Crippen LogP) is 2.25. The second kappa shape index (κ2) is 3.72. The second-order valence-electron chi connectivity index (χ2n) is 2.32. The first kappa shape index (κ1) is 8.54. The van der Waals surface area contributed by atoms with Crippen LogP contribution in [0.25, 0.3) is 4.85 Å². The van der Waals surface area contributed by atoms with Gasteiger partial charge in [-0.2, -0.15) is 0 Å². The summed E-state index contributed by atoms with van der Waals surface area (Å²) >= 11 is 0. The number of rotatable bonds is 2. The highest BCUT2D eigenvalue weighted by atomic mass is 19.1. The molecule has 0 fully saturated rings. The molecule has 0 spiro atoms. The number of hydrogen-bond donors (Lipinski definition) is 0. The fraction of sp³-hybridized carbons (Fsp3) is 0.222. The van der Waals surface area contributed by atoms with Crippen molar-refractivity contribution in [2.45, 2.75) is 6.54 Å². The van der Waals surface area contributed by atoms with Gasteiger partial charge in [-0.3, -0.25) is 0 Å². The van der Waals surface area contributed by atoms with Gasteiger partial charge in [0.25, 0.3) is 0 Å². The van der Waals surface area contributed by atoms with Crippen LogP contribution in [0, 0.1) is 12.4 Å². The Morgan fingerprint density at radius 3 is 2.83 bits per heavy atom. The molecule has 62 valence electrons. The first-order chi connectivity index (χ1) is 5.76. The molecule has 3 heteroatoms. The van der Waals surface area contributed by atoms with Crippen molar-refractivity contribution >= 4 is 0 Å². The molecule has 0 aliphatic carbocycles. The van der Waals surface area contributed by atoms with Gasteiger partial charge >= 0.3 is 0 Å². The fourth-order valence-electron chi connectivity index (χ4n) is 0.921. The molecular formula is C9H8FNO. The maximum Gasteiger partial charge on any atom is 0.240 e. The molecule has 1 rings (SSSR count). The van der Waals surface area contributed by atoms with Crippen molar-refractivity contribution in [3.05, 3.63) is 41.0 Å². The van der Waals surface area contributed by atoms with Crippen molar-refractivity contribution in [1.82, 2.24) is 0 Å². The molecule has 1 aromatic rings. The van der Waals surface area contributed by atoms with E-state index in [1.54, 1.807) is 6.07 Å². The highest BCUT2D eigenvalue weighted by Crippen LogP contribution is 2.16. The monoisotopic (exact) mass is 165 g/mol. The van der Waals surface area contributed by atoms with Crippen LogP contribution in [0.2, 0.25) is 0 Å². The van der Waals surface area contributed by atoms with Crippen molar-refractivity contribution in [3.63, 3.8) is 0 Å². The molecule has 12 heavy (non-hydrogen) atoms. The molecule has 2 nitrogen and oxygen atoms in total. The summed E-state index contributed by atoms with van der Waals surface area (Å²) in [6.45, 7) is 6.79. The minimum Gasteiger partial charge on any atom is -0.497 e. The van der Waals surface area contributed by atoms with Gasteiger partial charge in [-0.15, -0.1) is 0 Å². The third kappa shape index (κ3) is 1.96. The standard InChI is InChI=1S/C9H8FNO/c1-11-6-7-3-8(10)5-9(4-7)12-2/h3-5H,6H2,2H3. The van der Waals surface area contributed by atoms with Gasteiger partial charge < -0.3 is 9.58 Å². The topological polar surface area (TPSA) is 13.6 Å². The Morgan fingerprint density at radius 2 is 2.25 bits per heavy atom. The number of methoxy groups -OCH3 is 1. The normalized spacial score (nSPS) is 9.08. The Labute approximate surface area is 70.4 Å². The van der Waals surface area contributed by atoms with E-state index in [0.29, 0.717) is 11.3 Å². The molecule has 0 amide bonds. The van der Waals surface area contributed by atoms with Crippen LogP contribution in [-0.4, -0.2) is 7.11 Å². The summed E-state index contributed by atoms with van der Waals surface area (Å²) in [6, 6.07) is 4.27. The molecule has 0 N–H and O–H groups in total. The summed E-state index contributed by atoms with van der Waals surface area (Å²) in [7, 11) is 1.47. The van der Waals surface area contributed by atoms with E-state index < -0.39 is 0 Å². The SMILES string of the molecule is [C-]#[N+]Cc1cc(F)cc(OC)c1. The van der Waals surface area contributed by atoms with E-state index in [2.05, 4.69) is 4.85 Å². The Bertz CT molecular complexity index is 317. The summed E-state index contributed by atoms with van der Waals surface area (Å²) < 4.78 is 17.6. The summed E-state index contributed by atoms with van der Waals surface area (Å²) in [5, 5.41) is 0. The molecule has 0 unspecified atom stereocenters. The molecule has 0 aromatic heterocycles. The summed E-state index contributed by atoms with van der Waals surface area (Å²) in [6.07, 6.45) is 0. The average Bonchev–Trinajstić information content (AvgIpc) is 2.04. The smallest absolute Gasteiger partial charge is 0.240 e. The minimum absolute atomic E-state index is 0.189. The van der Waals surface area contributed by atoms with Gasteiger partial charge in [0.2, 0.25) is 6.54 Å². The molecule has 0 saturated carbocycles. The van der Waals surface area contributed by atoms with Crippen molar-refractivity contribution in [3.8, 4) is 5.75 Å². The van der Waals surface area contributed by atoms with Gasteiger partial charge in [0.15, 0.2) is 0 Å². The van der Waals surface area contributed by atoms with Gasteiger partial charge in [0.1, 0.15) is 11.6 Å². The van der Waals surface area contributed by atoms with E-state index >= 15 is 0 Å². The summed E-state index contributed by atoms with van der Waals surface area (Å²) in [4.78, 5) is 3.15. The zero-order chi connectivity index (χ0) is 8.97. The summed E-state index contributed by atoms with van der Waals surface area (Å²) in [5.41, 5.74) is 0.641. The molecule has 0 aliphatic rings. The first-order valence-corrected chi connectivity index (χ1v) is 3.43. The number of hydrogen-bond acceptors (Lipinski definition) is 1. The van der Waals surface area contributed by atoms with E-state index in [1.807, 2.05) is 0 Å². The van der Waals surface area contributed by atoms with Crippen LogP contribution in [0.4, 0.5) is 4.39 Å². The van der Waals surface area contributed by atoms with E-state index in [-0.39, 0.29) is 12.4 Å². The zero-order valence-corrected chi connectivity index (χ0v) is 6.67. The highest BCUT2D eigenvalue weighted by Gasteiger charge is 2.01. The third-order valence-electron chi connectivity index (χ3n) is 1.43. The molecule has 0 radical (unpaired) electrons. The van der Waals surface area contributed by atoms with Gasteiger partial charge in [-0.25, -0.2) is 11.0 Å². The number of benzene rings is 1. The van der Waals surface area contributed by atoms with Crippen LogP contribution in [0.5, 0.6) is 5.75 Å². The van der Waals surface area contributed by atoms with Crippen LogP contribution >= 0.6 is 0 Å². The van der Waals surface area contributed by atoms with Crippen molar-refractivity contribution < 1.29 is 9.13 Å². The Morgan fingerprint density at radius 1 is 1.50 bits per heavy atom. The molecule has 1 aromatic carbocycles. The molecule has 0 bridgehead atoms. The Kier molecular flexibility index (Phi) is 2.65. The quantitative estimate of drug-likeness (QED) is 0.613. The molecule has 0 atom stereocenters. The molecular weight excluding hydrogens is 157 g/mol.